The van der Waals surface area contributed by atoms with E-state index >= 15 is 0 Å². The molecular weight excluding hydrogens is 318 g/mol. The number of carboxylic acids is 1. The van der Waals surface area contributed by atoms with Crippen molar-refractivity contribution in [3.8, 4) is 5.75 Å². The summed E-state index contributed by atoms with van der Waals surface area (Å²) in [5.74, 6) is -0.497. The Morgan fingerprint density at radius 2 is 1.80 bits per heavy atom. The number of hydrogen-bond acceptors (Lipinski definition) is 4. The van der Waals surface area contributed by atoms with Crippen LogP contribution in [0.15, 0.2) is 24.3 Å². The predicted octanol–water partition coefficient (Wildman–Crippen LogP) is 3.58. The highest BCUT2D eigenvalue weighted by molar-refractivity contribution is 5.66. The zero-order chi connectivity index (χ0) is 18.1. The summed E-state index contributed by atoms with van der Waals surface area (Å²) in [4.78, 5) is 10.5. The summed E-state index contributed by atoms with van der Waals surface area (Å²) in [6.45, 7) is 0. The molecule has 0 aromatic heterocycles. The standard InChI is InChI=1S/C20H31NO4/c22-17-10-5-4-9-16(17)15-18(23)21-20(13-7-8-14-20)12-6-2-1-3-11-19(24)25/h4-5,9-10,18,21-23H,1-3,6-8,11-15H2,(H,24,25). The summed E-state index contributed by atoms with van der Waals surface area (Å²) in [6.07, 6.45) is 9.26. The van der Waals surface area contributed by atoms with Crippen LogP contribution in [-0.4, -0.2) is 33.1 Å². The van der Waals surface area contributed by atoms with Crippen LogP contribution in [0.3, 0.4) is 0 Å². The van der Waals surface area contributed by atoms with Gasteiger partial charge in [-0.2, -0.15) is 0 Å². The second-order valence-corrected chi connectivity index (χ2v) is 7.29. The third-order valence-corrected chi connectivity index (χ3v) is 5.23. The van der Waals surface area contributed by atoms with Gasteiger partial charge in [-0.3, -0.25) is 10.1 Å². The molecule has 1 saturated carbocycles. The van der Waals surface area contributed by atoms with Gasteiger partial charge in [0.2, 0.25) is 0 Å². The first-order valence-electron chi connectivity index (χ1n) is 9.45. The van der Waals surface area contributed by atoms with Crippen LogP contribution in [0, 0.1) is 0 Å². The summed E-state index contributed by atoms with van der Waals surface area (Å²) in [7, 11) is 0. The van der Waals surface area contributed by atoms with Gasteiger partial charge in [-0.15, -0.1) is 0 Å². The number of hydrogen-bond donors (Lipinski definition) is 4. The molecule has 5 nitrogen and oxygen atoms in total. The van der Waals surface area contributed by atoms with Crippen LogP contribution in [0.1, 0.15) is 69.8 Å². The molecule has 1 aliphatic carbocycles. The average Bonchev–Trinajstić information content (AvgIpc) is 3.01. The number of rotatable bonds is 11. The van der Waals surface area contributed by atoms with E-state index in [1.807, 2.05) is 12.1 Å². The van der Waals surface area contributed by atoms with Crippen LogP contribution in [0.2, 0.25) is 0 Å². The Morgan fingerprint density at radius 3 is 2.48 bits per heavy atom. The maximum atomic E-state index is 10.5. The van der Waals surface area contributed by atoms with Crippen molar-refractivity contribution in [3.63, 3.8) is 0 Å². The van der Waals surface area contributed by atoms with Crippen LogP contribution in [0.5, 0.6) is 5.75 Å². The van der Waals surface area contributed by atoms with Gasteiger partial charge in [-0.25, -0.2) is 0 Å². The number of aromatic hydroxyl groups is 1. The molecule has 25 heavy (non-hydrogen) atoms. The minimum absolute atomic E-state index is 0.0172. The Morgan fingerprint density at radius 1 is 1.12 bits per heavy atom. The second-order valence-electron chi connectivity index (χ2n) is 7.29. The lowest BCUT2D eigenvalue weighted by Gasteiger charge is -2.33. The van der Waals surface area contributed by atoms with Crippen molar-refractivity contribution < 1.29 is 20.1 Å². The molecule has 4 N–H and O–H groups in total. The summed E-state index contributed by atoms with van der Waals surface area (Å²) in [5, 5.41) is 32.4. The number of phenols is 1. The number of benzene rings is 1. The zero-order valence-corrected chi connectivity index (χ0v) is 14.9. The third-order valence-electron chi connectivity index (χ3n) is 5.23. The van der Waals surface area contributed by atoms with Crippen molar-refractivity contribution in [2.45, 2.75) is 82.4 Å². The summed E-state index contributed by atoms with van der Waals surface area (Å²) < 4.78 is 0. The Bertz CT molecular complexity index is 540. The molecule has 2 rings (SSSR count). The van der Waals surface area contributed by atoms with E-state index in [-0.39, 0.29) is 17.7 Å². The first-order chi connectivity index (χ1) is 12.0. The van der Waals surface area contributed by atoms with Gasteiger partial charge in [0.1, 0.15) is 12.0 Å². The maximum absolute atomic E-state index is 10.5. The second kappa shape index (κ2) is 9.78. The molecular formula is C20H31NO4. The van der Waals surface area contributed by atoms with Gasteiger partial charge in [0, 0.05) is 18.4 Å². The van der Waals surface area contributed by atoms with Crippen molar-refractivity contribution in [3.05, 3.63) is 29.8 Å². The number of aliphatic hydroxyl groups excluding tert-OH is 1. The molecule has 1 unspecified atom stereocenters. The van der Waals surface area contributed by atoms with E-state index < -0.39 is 12.2 Å². The minimum atomic E-state index is -0.721. The lowest BCUT2D eigenvalue weighted by atomic mass is 9.89. The van der Waals surface area contributed by atoms with Crippen molar-refractivity contribution in [1.29, 1.82) is 0 Å². The van der Waals surface area contributed by atoms with Crippen molar-refractivity contribution in [1.82, 2.24) is 5.32 Å². The molecule has 5 heteroatoms. The molecule has 0 heterocycles. The minimum Gasteiger partial charge on any atom is -0.508 e. The van der Waals surface area contributed by atoms with E-state index in [1.54, 1.807) is 12.1 Å². The predicted molar refractivity (Wildman–Crippen MR) is 97.5 cm³/mol. The van der Waals surface area contributed by atoms with Crippen LogP contribution < -0.4 is 5.32 Å². The van der Waals surface area contributed by atoms with Gasteiger partial charge >= 0.3 is 5.97 Å². The molecule has 0 saturated heterocycles. The molecule has 1 aromatic rings. The molecule has 1 aliphatic rings. The fourth-order valence-electron chi connectivity index (χ4n) is 3.91. The van der Waals surface area contributed by atoms with Gasteiger partial charge in [-0.05, 0) is 37.3 Å². The fourth-order valence-corrected chi connectivity index (χ4v) is 3.91. The van der Waals surface area contributed by atoms with E-state index in [0.717, 1.165) is 50.5 Å². The van der Waals surface area contributed by atoms with Gasteiger partial charge in [0.25, 0.3) is 0 Å². The number of aliphatic hydroxyl groups is 1. The van der Waals surface area contributed by atoms with Gasteiger partial charge < -0.3 is 15.3 Å². The number of phenolic OH excluding ortho intramolecular Hbond substituents is 1. The van der Waals surface area contributed by atoms with E-state index in [2.05, 4.69) is 5.32 Å². The van der Waals surface area contributed by atoms with E-state index in [9.17, 15) is 15.0 Å². The number of para-hydroxylation sites is 1. The molecule has 0 amide bonds. The van der Waals surface area contributed by atoms with Crippen LogP contribution in [0.4, 0.5) is 0 Å². The first-order valence-corrected chi connectivity index (χ1v) is 9.45. The lowest BCUT2D eigenvalue weighted by Crippen LogP contribution is -2.49. The SMILES string of the molecule is O=C(O)CCCCCCC1(NC(O)Cc2ccccc2O)CCCC1. The highest BCUT2D eigenvalue weighted by Crippen LogP contribution is 2.35. The molecule has 140 valence electrons. The van der Waals surface area contributed by atoms with E-state index in [4.69, 9.17) is 5.11 Å². The number of unbranched alkanes of at least 4 members (excludes halogenated alkanes) is 3. The molecule has 1 atom stereocenters. The number of aliphatic carboxylic acids is 1. The first kappa shape index (κ1) is 19.7. The third kappa shape index (κ3) is 6.67. The zero-order valence-electron chi connectivity index (χ0n) is 14.9. The number of carbonyl (C=O) groups is 1. The van der Waals surface area contributed by atoms with Gasteiger partial charge in [-0.1, -0.05) is 50.3 Å². The molecule has 0 radical (unpaired) electrons. The quantitative estimate of drug-likeness (QED) is 0.362. The highest BCUT2D eigenvalue weighted by Gasteiger charge is 2.34. The Kier molecular flexibility index (Phi) is 7.72. The fraction of sp³-hybridized carbons (Fsp3) is 0.650. The van der Waals surface area contributed by atoms with Crippen LogP contribution in [-0.2, 0) is 11.2 Å². The van der Waals surface area contributed by atoms with Crippen molar-refractivity contribution >= 4 is 5.97 Å². The topological polar surface area (TPSA) is 89.8 Å². The number of carboxylic acid groups (broad SMARTS) is 1. The Labute approximate surface area is 150 Å². The summed E-state index contributed by atoms with van der Waals surface area (Å²) in [6, 6.07) is 7.13. The lowest BCUT2D eigenvalue weighted by molar-refractivity contribution is -0.137. The van der Waals surface area contributed by atoms with Crippen molar-refractivity contribution in [2.75, 3.05) is 0 Å². The van der Waals surface area contributed by atoms with Gasteiger partial charge in [0.05, 0.1) is 0 Å². The molecule has 0 aliphatic heterocycles. The van der Waals surface area contributed by atoms with Gasteiger partial charge in [0.15, 0.2) is 0 Å². The largest absolute Gasteiger partial charge is 0.508 e. The normalized spacial score (nSPS) is 17.5. The Hall–Kier alpha value is -1.59. The van der Waals surface area contributed by atoms with E-state index in [1.165, 1.54) is 12.8 Å². The Balaban J connectivity index is 1.78. The highest BCUT2D eigenvalue weighted by atomic mass is 16.4. The summed E-state index contributed by atoms with van der Waals surface area (Å²) >= 11 is 0. The van der Waals surface area contributed by atoms with Crippen LogP contribution in [0.25, 0.3) is 0 Å². The molecule has 1 fully saturated rings. The van der Waals surface area contributed by atoms with E-state index in [0.29, 0.717) is 6.42 Å². The average molecular weight is 349 g/mol. The monoisotopic (exact) mass is 349 g/mol. The maximum Gasteiger partial charge on any atom is 0.303 e. The smallest absolute Gasteiger partial charge is 0.303 e. The summed E-state index contributed by atoms with van der Waals surface area (Å²) in [5.41, 5.74) is 0.737. The number of nitrogens with one attached hydrogen (secondary N) is 1. The molecule has 0 spiro atoms. The van der Waals surface area contributed by atoms with Crippen LogP contribution >= 0.6 is 0 Å². The molecule has 1 aromatic carbocycles. The van der Waals surface area contributed by atoms with Crippen molar-refractivity contribution in [2.24, 2.45) is 0 Å². The molecule has 0 bridgehead atoms.